The van der Waals surface area contributed by atoms with Crippen LogP contribution in [0, 0.1) is 6.92 Å². The van der Waals surface area contributed by atoms with Crippen LogP contribution in [0.25, 0.3) is 0 Å². The second-order valence-electron chi connectivity index (χ2n) is 7.74. The average Bonchev–Trinajstić information content (AvgIpc) is 3.06. The summed E-state index contributed by atoms with van der Waals surface area (Å²) in [6.07, 6.45) is 0.00843. The molecule has 2 atom stereocenters. The number of benzene rings is 1. The van der Waals surface area contributed by atoms with Crippen molar-refractivity contribution in [3.63, 3.8) is 0 Å². The second kappa shape index (κ2) is 7.39. The van der Waals surface area contributed by atoms with Gasteiger partial charge in [0.25, 0.3) is 5.91 Å². The molecule has 2 aliphatic rings. The first-order chi connectivity index (χ1) is 13.5. The van der Waals surface area contributed by atoms with Crippen LogP contribution >= 0.6 is 0 Å². The van der Waals surface area contributed by atoms with Crippen molar-refractivity contribution in [1.29, 1.82) is 0 Å². The van der Waals surface area contributed by atoms with Crippen LogP contribution < -0.4 is 0 Å². The van der Waals surface area contributed by atoms with Gasteiger partial charge in [-0.3, -0.25) is 9.59 Å². The maximum Gasteiger partial charge on any atom is 0.254 e. The van der Waals surface area contributed by atoms with Crippen LogP contribution in [0.3, 0.4) is 0 Å². The fraction of sp³-hybridized carbons (Fsp3) is 0.476. The minimum absolute atomic E-state index is 0.0277. The number of morpholine rings is 1. The number of ether oxygens (including phenoxy) is 1. The standard InChI is InChI=1S/C21H26N4O3/c1-13(2)25-18(26)12-28-20(19(25)15-7-5-4-6-8-15)21(27)24-10-9-16-17(11-24)23-14(3)22-16/h4-8,13,19-20H,9-12H2,1-3H3,(H,22,23)/t19-,20+/m1/s1. The highest BCUT2D eigenvalue weighted by Crippen LogP contribution is 2.33. The summed E-state index contributed by atoms with van der Waals surface area (Å²) in [5, 5.41) is 0. The van der Waals surface area contributed by atoms with Crippen LogP contribution in [-0.4, -0.2) is 56.9 Å². The number of aromatic nitrogens is 2. The summed E-state index contributed by atoms with van der Waals surface area (Å²) in [6, 6.07) is 9.23. The molecule has 1 aromatic carbocycles. The third-order valence-electron chi connectivity index (χ3n) is 5.46. The fourth-order valence-corrected chi connectivity index (χ4v) is 4.23. The molecule has 2 amide bonds. The molecule has 1 aromatic heterocycles. The van der Waals surface area contributed by atoms with E-state index in [0.717, 1.165) is 29.2 Å². The number of aryl methyl sites for hydroxylation is 1. The van der Waals surface area contributed by atoms with Gasteiger partial charge in [0.2, 0.25) is 5.91 Å². The molecule has 0 aliphatic carbocycles. The fourth-order valence-electron chi connectivity index (χ4n) is 4.23. The molecule has 1 fully saturated rings. The van der Waals surface area contributed by atoms with E-state index in [2.05, 4.69) is 9.97 Å². The summed E-state index contributed by atoms with van der Waals surface area (Å²) < 4.78 is 5.84. The summed E-state index contributed by atoms with van der Waals surface area (Å²) in [5.74, 6) is 0.704. The van der Waals surface area contributed by atoms with Gasteiger partial charge in [0, 0.05) is 19.0 Å². The van der Waals surface area contributed by atoms with E-state index in [0.29, 0.717) is 13.1 Å². The SMILES string of the molecule is Cc1nc2c([nH]1)CN(C(=O)[C@H]1OCC(=O)N(C(C)C)[C@@H]1c1ccccc1)CC2. The summed E-state index contributed by atoms with van der Waals surface area (Å²) in [6.45, 7) is 6.90. The smallest absolute Gasteiger partial charge is 0.254 e. The van der Waals surface area contributed by atoms with Crippen molar-refractivity contribution in [3.8, 4) is 0 Å². The van der Waals surface area contributed by atoms with Gasteiger partial charge in [0.05, 0.1) is 24.0 Å². The predicted octanol–water partition coefficient (Wildman–Crippen LogP) is 1.98. The first-order valence-corrected chi connectivity index (χ1v) is 9.76. The zero-order valence-corrected chi connectivity index (χ0v) is 16.5. The summed E-state index contributed by atoms with van der Waals surface area (Å²) >= 11 is 0. The average molecular weight is 382 g/mol. The summed E-state index contributed by atoms with van der Waals surface area (Å²) in [5.41, 5.74) is 2.93. The van der Waals surface area contributed by atoms with Crippen LogP contribution in [-0.2, 0) is 27.3 Å². The molecule has 1 saturated heterocycles. The van der Waals surface area contributed by atoms with Gasteiger partial charge in [-0.1, -0.05) is 30.3 Å². The van der Waals surface area contributed by atoms with Crippen LogP contribution in [0.5, 0.6) is 0 Å². The van der Waals surface area contributed by atoms with Crippen molar-refractivity contribution in [3.05, 3.63) is 53.1 Å². The Hall–Kier alpha value is -2.67. The number of amides is 2. The van der Waals surface area contributed by atoms with Gasteiger partial charge >= 0.3 is 0 Å². The number of aromatic amines is 1. The molecular formula is C21H26N4O3. The number of fused-ring (bicyclic) bond motifs is 1. The molecule has 2 aromatic rings. The molecular weight excluding hydrogens is 356 g/mol. The first kappa shape index (κ1) is 18.7. The highest BCUT2D eigenvalue weighted by molar-refractivity contribution is 5.86. The lowest BCUT2D eigenvalue weighted by Crippen LogP contribution is -2.57. The van der Waals surface area contributed by atoms with E-state index in [1.165, 1.54) is 0 Å². The van der Waals surface area contributed by atoms with Crippen molar-refractivity contribution in [2.24, 2.45) is 0 Å². The molecule has 28 heavy (non-hydrogen) atoms. The molecule has 2 aliphatic heterocycles. The number of carbonyl (C=O) groups is 2. The second-order valence-corrected chi connectivity index (χ2v) is 7.74. The molecule has 7 nitrogen and oxygen atoms in total. The van der Waals surface area contributed by atoms with Gasteiger partial charge in [0.15, 0.2) is 6.10 Å². The number of hydrogen-bond donors (Lipinski definition) is 1. The molecule has 0 bridgehead atoms. The van der Waals surface area contributed by atoms with Crippen molar-refractivity contribution >= 4 is 11.8 Å². The van der Waals surface area contributed by atoms with Gasteiger partial charge in [-0.05, 0) is 26.3 Å². The van der Waals surface area contributed by atoms with Gasteiger partial charge in [0.1, 0.15) is 12.4 Å². The monoisotopic (exact) mass is 382 g/mol. The molecule has 0 unspecified atom stereocenters. The van der Waals surface area contributed by atoms with Crippen molar-refractivity contribution in [2.75, 3.05) is 13.2 Å². The lowest BCUT2D eigenvalue weighted by molar-refractivity contribution is -0.172. The number of imidazole rings is 1. The van der Waals surface area contributed by atoms with Gasteiger partial charge in [-0.25, -0.2) is 4.98 Å². The third-order valence-corrected chi connectivity index (χ3v) is 5.46. The van der Waals surface area contributed by atoms with E-state index in [9.17, 15) is 9.59 Å². The molecule has 1 N–H and O–H groups in total. The van der Waals surface area contributed by atoms with E-state index in [4.69, 9.17) is 4.74 Å². The lowest BCUT2D eigenvalue weighted by atomic mass is 9.95. The maximum absolute atomic E-state index is 13.5. The van der Waals surface area contributed by atoms with E-state index >= 15 is 0 Å². The number of rotatable bonds is 3. The third kappa shape index (κ3) is 3.30. The van der Waals surface area contributed by atoms with Crippen molar-refractivity contribution < 1.29 is 14.3 Å². The number of nitrogens with one attached hydrogen (secondary N) is 1. The van der Waals surface area contributed by atoms with E-state index in [1.54, 1.807) is 4.90 Å². The predicted molar refractivity (Wildman–Crippen MR) is 103 cm³/mol. The zero-order chi connectivity index (χ0) is 19.8. The van der Waals surface area contributed by atoms with E-state index < -0.39 is 12.1 Å². The Morgan fingerprint density at radius 3 is 2.75 bits per heavy atom. The molecule has 7 heteroatoms. The Morgan fingerprint density at radius 1 is 1.29 bits per heavy atom. The zero-order valence-electron chi connectivity index (χ0n) is 16.5. The molecule has 4 rings (SSSR count). The van der Waals surface area contributed by atoms with E-state index in [1.807, 2.05) is 56.0 Å². The van der Waals surface area contributed by atoms with Crippen molar-refractivity contribution in [1.82, 2.24) is 19.8 Å². The van der Waals surface area contributed by atoms with Gasteiger partial charge in [-0.2, -0.15) is 0 Å². The molecule has 0 saturated carbocycles. The van der Waals surface area contributed by atoms with Gasteiger partial charge in [-0.15, -0.1) is 0 Å². The van der Waals surface area contributed by atoms with Gasteiger partial charge < -0.3 is 19.5 Å². The first-order valence-electron chi connectivity index (χ1n) is 9.76. The Kier molecular flexibility index (Phi) is 4.93. The Labute approximate surface area is 164 Å². The van der Waals surface area contributed by atoms with Crippen molar-refractivity contribution in [2.45, 2.75) is 51.9 Å². The molecule has 148 valence electrons. The van der Waals surface area contributed by atoms with Crippen LogP contribution in [0.4, 0.5) is 0 Å². The largest absolute Gasteiger partial charge is 0.356 e. The quantitative estimate of drug-likeness (QED) is 0.880. The van der Waals surface area contributed by atoms with Crippen LogP contribution in [0.15, 0.2) is 30.3 Å². The topological polar surface area (TPSA) is 78.5 Å². The summed E-state index contributed by atoms with van der Waals surface area (Å²) in [4.78, 5) is 37.4. The number of nitrogens with zero attached hydrogens (tertiary/aromatic N) is 3. The lowest BCUT2D eigenvalue weighted by Gasteiger charge is -2.44. The van der Waals surface area contributed by atoms with Crippen LogP contribution in [0.1, 0.15) is 42.7 Å². The highest BCUT2D eigenvalue weighted by atomic mass is 16.5. The Balaban J connectivity index is 1.64. The summed E-state index contributed by atoms with van der Waals surface area (Å²) in [7, 11) is 0. The van der Waals surface area contributed by atoms with Crippen LogP contribution in [0.2, 0.25) is 0 Å². The number of H-pyrrole nitrogens is 1. The molecule has 0 spiro atoms. The molecule has 0 radical (unpaired) electrons. The molecule has 3 heterocycles. The minimum Gasteiger partial charge on any atom is -0.356 e. The number of carbonyl (C=O) groups excluding carboxylic acids is 2. The minimum atomic E-state index is -0.715. The maximum atomic E-state index is 13.5. The van der Waals surface area contributed by atoms with E-state index in [-0.39, 0.29) is 24.5 Å². The number of hydrogen-bond acceptors (Lipinski definition) is 4. The normalized spacial score (nSPS) is 22.5. The highest BCUT2D eigenvalue weighted by Gasteiger charge is 2.44. The Morgan fingerprint density at radius 2 is 2.04 bits per heavy atom. The Bertz CT molecular complexity index is 877.